The van der Waals surface area contributed by atoms with E-state index in [1.807, 2.05) is 6.07 Å². The van der Waals surface area contributed by atoms with Gasteiger partial charge >= 0.3 is 0 Å². The maximum atomic E-state index is 13.6. The largest absolute Gasteiger partial charge is 0.273 e. The van der Waals surface area contributed by atoms with Gasteiger partial charge in [0.05, 0.1) is 22.3 Å². The number of carbonyl (C=O) groups is 2. The third-order valence-electron chi connectivity index (χ3n) is 5.66. The molecule has 3 atom stereocenters. The van der Waals surface area contributed by atoms with Crippen molar-refractivity contribution >= 4 is 28.9 Å². The highest BCUT2D eigenvalue weighted by molar-refractivity contribution is 6.23. The van der Waals surface area contributed by atoms with Crippen LogP contribution in [-0.4, -0.2) is 22.8 Å². The summed E-state index contributed by atoms with van der Waals surface area (Å²) in [6, 6.07) is 19.3. The average molecular weight is 433 g/mol. The second-order valence-electron chi connectivity index (χ2n) is 7.49. The van der Waals surface area contributed by atoms with Crippen LogP contribution < -0.4 is 9.96 Å². The first kappa shape index (κ1) is 19.8. The van der Waals surface area contributed by atoms with E-state index in [-0.39, 0.29) is 11.4 Å². The van der Waals surface area contributed by atoms with Crippen LogP contribution in [0.15, 0.2) is 78.9 Å². The van der Waals surface area contributed by atoms with Crippen molar-refractivity contribution in [2.75, 3.05) is 9.96 Å². The summed E-state index contributed by atoms with van der Waals surface area (Å²) in [6.07, 6.45) is -1.08. The summed E-state index contributed by atoms with van der Waals surface area (Å²) >= 11 is 0. The lowest BCUT2D eigenvalue weighted by Gasteiger charge is -2.28. The normalized spacial score (nSPS) is 22.3. The molecular weight excluding hydrogens is 417 g/mol. The van der Waals surface area contributed by atoms with Crippen molar-refractivity contribution in [2.45, 2.75) is 12.1 Å². The van der Waals surface area contributed by atoms with Crippen molar-refractivity contribution in [3.63, 3.8) is 0 Å². The number of imide groups is 1. The maximum Gasteiger partial charge on any atom is 0.269 e. The predicted octanol–water partition coefficient (Wildman–Crippen LogP) is 3.79. The lowest BCUT2D eigenvalue weighted by atomic mass is 9.90. The summed E-state index contributed by atoms with van der Waals surface area (Å²) in [6.45, 7) is 0. The minimum absolute atomic E-state index is 0.149. The molecule has 2 amide bonds. The van der Waals surface area contributed by atoms with Crippen molar-refractivity contribution in [3.8, 4) is 0 Å². The highest BCUT2D eigenvalue weighted by atomic mass is 19.1. The van der Waals surface area contributed by atoms with Crippen molar-refractivity contribution in [1.29, 1.82) is 0 Å². The van der Waals surface area contributed by atoms with Crippen LogP contribution in [-0.2, 0) is 14.4 Å². The summed E-state index contributed by atoms with van der Waals surface area (Å²) < 4.78 is 13.6. The number of nitro benzene ring substituents is 1. The van der Waals surface area contributed by atoms with Crippen LogP contribution in [0.2, 0.25) is 0 Å². The van der Waals surface area contributed by atoms with Gasteiger partial charge in [-0.05, 0) is 42.0 Å². The number of hydrogen-bond acceptors (Lipinski definition) is 6. The number of rotatable bonds is 4. The van der Waals surface area contributed by atoms with Gasteiger partial charge in [-0.25, -0.2) is 14.4 Å². The van der Waals surface area contributed by atoms with Gasteiger partial charge < -0.3 is 0 Å². The number of nitrogens with zero attached hydrogens (tertiary/aromatic N) is 3. The lowest BCUT2D eigenvalue weighted by molar-refractivity contribution is -0.384. The Morgan fingerprint density at radius 2 is 1.50 bits per heavy atom. The third kappa shape index (κ3) is 3.10. The highest BCUT2D eigenvalue weighted by Gasteiger charge is 2.60. The van der Waals surface area contributed by atoms with E-state index in [0.717, 1.165) is 4.90 Å². The number of para-hydroxylation sites is 1. The van der Waals surface area contributed by atoms with Crippen LogP contribution in [0.1, 0.15) is 11.6 Å². The molecule has 3 aromatic rings. The Balaban J connectivity index is 1.55. The molecule has 0 N–H and O–H groups in total. The second kappa shape index (κ2) is 7.54. The van der Waals surface area contributed by atoms with Crippen molar-refractivity contribution < 1.29 is 23.7 Å². The first-order chi connectivity index (χ1) is 15.5. The summed E-state index contributed by atoms with van der Waals surface area (Å²) in [5.41, 5.74) is 1.35. The zero-order valence-electron chi connectivity index (χ0n) is 16.5. The van der Waals surface area contributed by atoms with Crippen LogP contribution in [0, 0.1) is 21.8 Å². The Morgan fingerprint density at radius 1 is 0.844 bits per heavy atom. The Kier molecular flexibility index (Phi) is 4.67. The fraction of sp³-hybridized carbons (Fsp3) is 0.130. The zero-order valence-corrected chi connectivity index (χ0v) is 16.5. The monoisotopic (exact) mass is 433 g/mol. The first-order valence-electron chi connectivity index (χ1n) is 9.84. The van der Waals surface area contributed by atoms with E-state index in [2.05, 4.69) is 0 Å². The number of carbonyl (C=O) groups excluding carboxylic acids is 2. The molecule has 0 aliphatic carbocycles. The van der Waals surface area contributed by atoms with Gasteiger partial charge in [0.25, 0.3) is 11.6 Å². The van der Waals surface area contributed by atoms with E-state index in [9.17, 15) is 24.1 Å². The molecule has 0 unspecified atom stereocenters. The number of hydrogen-bond donors (Lipinski definition) is 0. The average Bonchev–Trinajstić information content (AvgIpc) is 3.31. The highest BCUT2D eigenvalue weighted by Crippen LogP contribution is 2.47. The number of non-ortho nitro benzene ring substituents is 1. The Morgan fingerprint density at radius 3 is 2.12 bits per heavy atom. The number of amides is 2. The minimum atomic E-state index is -1.08. The second-order valence-corrected chi connectivity index (χ2v) is 7.49. The topological polar surface area (TPSA) is 93.0 Å². The van der Waals surface area contributed by atoms with Crippen LogP contribution in [0.5, 0.6) is 0 Å². The quantitative estimate of drug-likeness (QED) is 0.353. The predicted molar refractivity (Wildman–Crippen MR) is 112 cm³/mol. The van der Waals surface area contributed by atoms with Crippen molar-refractivity contribution in [3.05, 3.63) is 100 Å². The van der Waals surface area contributed by atoms with Crippen LogP contribution >= 0.6 is 0 Å². The number of benzene rings is 3. The Hall–Kier alpha value is -4.11. The molecule has 160 valence electrons. The van der Waals surface area contributed by atoms with Crippen LogP contribution in [0.25, 0.3) is 0 Å². The maximum absolute atomic E-state index is 13.6. The van der Waals surface area contributed by atoms with E-state index < -0.39 is 40.6 Å². The Bertz CT molecular complexity index is 1200. The standard InChI is InChI=1S/C23H16FN3O5/c24-15-8-6-14(7-9-15)20-19-21(32-26(20)17-4-2-1-3-5-17)23(29)25(22(19)28)16-10-12-18(13-11-16)27(30)31/h1-13,19-21H/t19-,20-,21+/m0/s1. The Labute approximate surface area is 181 Å². The summed E-state index contributed by atoms with van der Waals surface area (Å²) in [5.74, 6) is -2.33. The van der Waals surface area contributed by atoms with E-state index in [0.29, 0.717) is 11.3 Å². The molecule has 0 bridgehead atoms. The van der Waals surface area contributed by atoms with Crippen molar-refractivity contribution in [2.24, 2.45) is 5.92 Å². The molecule has 2 aliphatic rings. The molecule has 0 spiro atoms. The van der Waals surface area contributed by atoms with Gasteiger partial charge in [0.15, 0.2) is 6.10 Å². The van der Waals surface area contributed by atoms with Gasteiger partial charge in [0.1, 0.15) is 11.7 Å². The van der Waals surface area contributed by atoms with Gasteiger partial charge in [-0.15, -0.1) is 0 Å². The zero-order chi connectivity index (χ0) is 22.4. The minimum Gasteiger partial charge on any atom is -0.273 e. The van der Waals surface area contributed by atoms with Crippen LogP contribution in [0.3, 0.4) is 0 Å². The van der Waals surface area contributed by atoms with Gasteiger partial charge in [0.2, 0.25) is 5.91 Å². The molecule has 8 nitrogen and oxygen atoms in total. The number of halogens is 1. The van der Waals surface area contributed by atoms with E-state index in [4.69, 9.17) is 4.84 Å². The molecule has 0 radical (unpaired) electrons. The fourth-order valence-corrected chi connectivity index (χ4v) is 4.19. The molecule has 0 aromatic heterocycles. The number of hydroxylamine groups is 1. The van der Waals surface area contributed by atoms with Gasteiger partial charge in [0, 0.05) is 12.1 Å². The molecule has 2 aliphatic heterocycles. The van der Waals surface area contributed by atoms with Gasteiger partial charge in [-0.3, -0.25) is 24.5 Å². The number of nitro groups is 1. The lowest BCUT2D eigenvalue weighted by Crippen LogP contribution is -2.37. The molecule has 32 heavy (non-hydrogen) atoms. The van der Waals surface area contributed by atoms with E-state index >= 15 is 0 Å². The molecule has 5 rings (SSSR count). The van der Waals surface area contributed by atoms with Gasteiger partial charge in [-0.2, -0.15) is 0 Å². The van der Waals surface area contributed by atoms with E-state index in [1.165, 1.54) is 41.5 Å². The molecule has 2 fully saturated rings. The number of fused-ring (bicyclic) bond motifs is 1. The SMILES string of the molecule is O=C1[C@@H]2[C@@H](ON(c3ccccc3)[C@H]2c2ccc(F)cc2)C(=O)N1c1ccc([N+](=O)[O-])cc1. The number of anilines is 2. The molecule has 2 heterocycles. The summed E-state index contributed by atoms with van der Waals surface area (Å²) in [7, 11) is 0. The van der Waals surface area contributed by atoms with Gasteiger partial charge in [-0.1, -0.05) is 30.3 Å². The third-order valence-corrected chi connectivity index (χ3v) is 5.66. The van der Waals surface area contributed by atoms with Crippen LogP contribution in [0.4, 0.5) is 21.5 Å². The summed E-state index contributed by atoms with van der Waals surface area (Å²) in [4.78, 5) is 44.0. The summed E-state index contributed by atoms with van der Waals surface area (Å²) in [5, 5.41) is 12.4. The molecule has 0 saturated carbocycles. The first-order valence-corrected chi connectivity index (χ1v) is 9.84. The smallest absolute Gasteiger partial charge is 0.269 e. The fourth-order valence-electron chi connectivity index (χ4n) is 4.19. The molecular formula is C23H16FN3O5. The van der Waals surface area contributed by atoms with E-state index in [1.54, 1.807) is 36.4 Å². The molecule has 2 saturated heterocycles. The van der Waals surface area contributed by atoms with Crippen molar-refractivity contribution in [1.82, 2.24) is 0 Å². The molecule has 9 heteroatoms. The molecule has 3 aromatic carbocycles.